The van der Waals surface area contributed by atoms with E-state index in [1.165, 1.54) is 5.56 Å². The number of carbonyl (C=O) groups is 1. The zero-order chi connectivity index (χ0) is 19.3. The molecule has 1 N–H and O–H groups in total. The number of amides is 1. The maximum atomic E-state index is 12.2. The Morgan fingerprint density at radius 1 is 1.22 bits per heavy atom. The van der Waals surface area contributed by atoms with Gasteiger partial charge in [-0.05, 0) is 5.56 Å². The molecule has 1 aromatic carbocycles. The van der Waals surface area contributed by atoms with Crippen LogP contribution in [0.15, 0.2) is 30.3 Å². The minimum absolute atomic E-state index is 0.0296. The summed E-state index contributed by atoms with van der Waals surface area (Å²) in [5.41, 5.74) is 1.27. The minimum atomic E-state index is -0.102. The summed E-state index contributed by atoms with van der Waals surface area (Å²) in [6.45, 7) is 4.86. The number of benzene rings is 1. The van der Waals surface area contributed by atoms with Gasteiger partial charge in [0.2, 0.25) is 5.91 Å². The van der Waals surface area contributed by atoms with Gasteiger partial charge in [0.1, 0.15) is 0 Å². The van der Waals surface area contributed by atoms with E-state index in [-0.39, 0.29) is 18.6 Å². The fourth-order valence-electron chi connectivity index (χ4n) is 3.06. The Bertz CT molecular complexity index is 635. The highest BCUT2D eigenvalue weighted by Gasteiger charge is 2.21. The fourth-order valence-corrected chi connectivity index (χ4v) is 3.06. The van der Waals surface area contributed by atoms with Crippen molar-refractivity contribution in [3.8, 4) is 12.1 Å². The first kappa shape index (κ1) is 20.9. The van der Waals surface area contributed by atoms with Gasteiger partial charge in [-0.1, -0.05) is 30.3 Å². The number of nitrogens with zero attached hydrogens (tertiary/aromatic N) is 4. The molecule has 1 fully saturated rings. The molecule has 1 aliphatic heterocycles. The van der Waals surface area contributed by atoms with Crippen LogP contribution in [0, 0.1) is 22.7 Å². The summed E-state index contributed by atoms with van der Waals surface area (Å²) in [4.78, 5) is 16.4. The van der Waals surface area contributed by atoms with E-state index in [2.05, 4.69) is 34.5 Å². The van der Waals surface area contributed by atoms with E-state index in [0.717, 1.165) is 19.6 Å². The minimum Gasteiger partial charge on any atom is -0.374 e. The van der Waals surface area contributed by atoms with E-state index in [0.29, 0.717) is 39.1 Å². The molecule has 1 atom stereocenters. The van der Waals surface area contributed by atoms with Crippen LogP contribution >= 0.6 is 0 Å². The van der Waals surface area contributed by atoms with Crippen LogP contribution in [0.25, 0.3) is 0 Å². The normalized spacial score (nSPS) is 17.2. The Morgan fingerprint density at radius 3 is 2.59 bits per heavy atom. The van der Waals surface area contributed by atoms with Crippen LogP contribution in [0.5, 0.6) is 0 Å². The van der Waals surface area contributed by atoms with E-state index < -0.39 is 0 Å². The van der Waals surface area contributed by atoms with Crippen LogP contribution in [-0.2, 0) is 16.1 Å². The second kappa shape index (κ2) is 12.0. The molecule has 0 radical (unpaired) electrons. The monoisotopic (exact) mass is 369 g/mol. The largest absolute Gasteiger partial charge is 0.374 e. The lowest BCUT2D eigenvalue weighted by Crippen LogP contribution is -2.48. The molecule has 0 saturated carbocycles. The van der Waals surface area contributed by atoms with Gasteiger partial charge in [-0.3, -0.25) is 14.6 Å². The molecule has 144 valence electrons. The van der Waals surface area contributed by atoms with Crippen LogP contribution in [0.2, 0.25) is 0 Å². The van der Waals surface area contributed by atoms with E-state index in [4.69, 9.17) is 15.3 Å². The lowest BCUT2D eigenvalue weighted by molar-refractivity contribution is -0.123. The van der Waals surface area contributed by atoms with Crippen molar-refractivity contribution in [2.24, 2.45) is 0 Å². The first-order chi connectivity index (χ1) is 13.2. The smallest absolute Gasteiger partial charge is 0.234 e. The molecule has 27 heavy (non-hydrogen) atoms. The maximum absolute atomic E-state index is 12.2. The molecule has 0 aliphatic carbocycles. The van der Waals surface area contributed by atoms with Crippen molar-refractivity contribution in [3.63, 3.8) is 0 Å². The zero-order valence-corrected chi connectivity index (χ0v) is 15.6. The van der Waals surface area contributed by atoms with Gasteiger partial charge in [0.05, 0.1) is 31.4 Å². The standard InChI is InChI=1S/C20H27N5O2/c21-8-4-10-24(11-5-9-22)17-20(26)23-14-19-16-25(12-13-27-19)15-18-6-2-1-3-7-18/h1-3,6-7,19H,4-5,10-17H2,(H,23,26). The number of nitriles is 2. The second-order valence-electron chi connectivity index (χ2n) is 6.61. The number of morpholine rings is 1. The summed E-state index contributed by atoms with van der Waals surface area (Å²) in [6, 6.07) is 14.5. The SMILES string of the molecule is N#CCCN(CCC#N)CC(=O)NCC1CN(Cc2ccccc2)CCO1. The number of nitrogens with one attached hydrogen (secondary N) is 1. The predicted molar refractivity (Wildman–Crippen MR) is 101 cm³/mol. The topological polar surface area (TPSA) is 92.4 Å². The fraction of sp³-hybridized carbons (Fsp3) is 0.550. The molecule has 1 aliphatic rings. The lowest BCUT2D eigenvalue weighted by atomic mass is 10.2. The van der Waals surface area contributed by atoms with Crippen molar-refractivity contribution in [2.45, 2.75) is 25.5 Å². The summed E-state index contributed by atoms with van der Waals surface area (Å²) in [5, 5.41) is 20.4. The highest BCUT2D eigenvalue weighted by atomic mass is 16.5. The average molecular weight is 369 g/mol. The Morgan fingerprint density at radius 2 is 1.93 bits per heavy atom. The molecule has 0 spiro atoms. The zero-order valence-electron chi connectivity index (χ0n) is 15.6. The Balaban J connectivity index is 1.73. The molecule has 1 amide bonds. The number of hydrogen-bond acceptors (Lipinski definition) is 6. The van der Waals surface area contributed by atoms with Crippen molar-refractivity contribution in [1.29, 1.82) is 10.5 Å². The highest BCUT2D eigenvalue weighted by molar-refractivity contribution is 5.78. The van der Waals surface area contributed by atoms with Crippen LogP contribution in [-0.4, -0.2) is 67.7 Å². The summed E-state index contributed by atoms with van der Waals surface area (Å²) in [7, 11) is 0. The van der Waals surface area contributed by atoms with Crippen molar-refractivity contribution < 1.29 is 9.53 Å². The molecule has 1 saturated heterocycles. The van der Waals surface area contributed by atoms with Gasteiger partial charge in [0, 0.05) is 52.1 Å². The predicted octanol–water partition coefficient (Wildman–Crippen LogP) is 1.13. The second-order valence-corrected chi connectivity index (χ2v) is 6.61. The molecular formula is C20H27N5O2. The van der Waals surface area contributed by atoms with Crippen LogP contribution < -0.4 is 5.32 Å². The highest BCUT2D eigenvalue weighted by Crippen LogP contribution is 2.10. The van der Waals surface area contributed by atoms with Crippen molar-refractivity contribution in [2.75, 3.05) is 45.9 Å². The molecule has 7 heteroatoms. The number of carbonyl (C=O) groups excluding carboxylic acids is 1. The molecule has 1 unspecified atom stereocenters. The number of hydrogen-bond donors (Lipinski definition) is 1. The Kier molecular flexibility index (Phi) is 9.29. The van der Waals surface area contributed by atoms with Crippen molar-refractivity contribution in [1.82, 2.24) is 15.1 Å². The third-order valence-corrected chi connectivity index (χ3v) is 4.45. The van der Waals surface area contributed by atoms with Gasteiger partial charge < -0.3 is 10.1 Å². The third kappa shape index (κ3) is 8.19. The molecule has 1 aromatic rings. The summed E-state index contributed by atoms with van der Waals surface area (Å²) in [6.07, 6.45) is 0.663. The van der Waals surface area contributed by atoms with Crippen LogP contribution in [0.4, 0.5) is 0 Å². The van der Waals surface area contributed by atoms with E-state index in [9.17, 15) is 4.79 Å². The molecular weight excluding hydrogens is 342 g/mol. The van der Waals surface area contributed by atoms with Gasteiger partial charge in [0.15, 0.2) is 0 Å². The molecule has 0 bridgehead atoms. The van der Waals surface area contributed by atoms with Crippen LogP contribution in [0.1, 0.15) is 18.4 Å². The van der Waals surface area contributed by atoms with Gasteiger partial charge >= 0.3 is 0 Å². The van der Waals surface area contributed by atoms with E-state index in [1.54, 1.807) is 0 Å². The molecule has 0 aromatic heterocycles. The summed E-state index contributed by atoms with van der Waals surface area (Å²) in [5.74, 6) is -0.102. The van der Waals surface area contributed by atoms with Crippen molar-refractivity contribution in [3.05, 3.63) is 35.9 Å². The van der Waals surface area contributed by atoms with Gasteiger partial charge in [0.25, 0.3) is 0 Å². The van der Waals surface area contributed by atoms with E-state index in [1.807, 2.05) is 23.1 Å². The number of rotatable bonds is 10. The summed E-state index contributed by atoms with van der Waals surface area (Å²) < 4.78 is 5.77. The lowest BCUT2D eigenvalue weighted by Gasteiger charge is -2.33. The summed E-state index contributed by atoms with van der Waals surface area (Å²) >= 11 is 0. The molecule has 7 nitrogen and oxygen atoms in total. The van der Waals surface area contributed by atoms with Gasteiger partial charge in [-0.2, -0.15) is 10.5 Å². The van der Waals surface area contributed by atoms with Gasteiger partial charge in [-0.25, -0.2) is 0 Å². The first-order valence-corrected chi connectivity index (χ1v) is 9.32. The average Bonchev–Trinajstić information content (AvgIpc) is 2.69. The molecule has 2 rings (SSSR count). The Labute approximate surface area is 161 Å². The molecule has 1 heterocycles. The maximum Gasteiger partial charge on any atom is 0.234 e. The quantitative estimate of drug-likeness (QED) is 0.665. The van der Waals surface area contributed by atoms with Crippen molar-refractivity contribution >= 4 is 5.91 Å². The van der Waals surface area contributed by atoms with Gasteiger partial charge in [-0.15, -0.1) is 0 Å². The third-order valence-electron chi connectivity index (χ3n) is 4.45. The van der Waals surface area contributed by atoms with Crippen LogP contribution in [0.3, 0.4) is 0 Å². The Hall–Kier alpha value is -2.45. The first-order valence-electron chi connectivity index (χ1n) is 9.32. The number of ether oxygens (including phenoxy) is 1. The van der Waals surface area contributed by atoms with E-state index >= 15 is 0 Å².